The molecule has 4 rings (SSSR count). The predicted octanol–water partition coefficient (Wildman–Crippen LogP) is 6.06. The minimum Gasteiger partial charge on any atom is -0.459 e. The van der Waals surface area contributed by atoms with Gasteiger partial charge in [-0.2, -0.15) is 0 Å². The summed E-state index contributed by atoms with van der Waals surface area (Å²) in [5.74, 6) is 0.819. The molecule has 0 spiro atoms. The molecule has 0 aliphatic rings. The molecule has 6 heteroatoms. The highest BCUT2D eigenvalue weighted by molar-refractivity contribution is 7.16. The number of hydrogen-bond acceptors (Lipinski definition) is 5. The summed E-state index contributed by atoms with van der Waals surface area (Å²) >= 11 is 1.59. The lowest BCUT2D eigenvalue weighted by molar-refractivity contribution is 0.0997. The quantitative estimate of drug-likeness (QED) is 0.383. The zero-order valence-electron chi connectivity index (χ0n) is 16.9. The summed E-state index contributed by atoms with van der Waals surface area (Å²) in [5.41, 5.74) is 3.23. The van der Waals surface area contributed by atoms with E-state index in [2.05, 4.69) is 40.7 Å². The van der Waals surface area contributed by atoms with Crippen LogP contribution in [-0.4, -0.2) is 10.9 Å². The Morgan fingerprint density at radius 2 is 1.97 bits per heavy atom. The maximum absolute atomic E-state index is 12.7. The van der Waals surface area contributed by atoms with Crippen LogP contribution in [0, 0.1) is 6.92 Å². The molecule has 3 aromatic heterocycles. The van der Waals surface area contributed by atoms with Gasteiger partial charge in [-0.1, -0.05) is 37.3 Å². The fraction of sp³-hybridized carbons (Fsp3) is 0.167. The molecule has 0 fully saturated rings. The first-order chi connectivity index (χ1) is 14.6. The zero-order chi connectivity index (χ0) is 20.9. The third kappa shape index (κ3) is 4.44. The molecule has 1 atom stereocenters. The number of pyridine rings is 1. The second kappa shape index (κ2) is 8.97. The molecule has 0 saturated carbocycles. The van der Waals surface area contributed by atoms with Crippen LogP contribution in [0.15, 0.2) is 77.5 Å². The first-order valence-corrected chi connectivity index (χ1v) is 10.7. The lowest BCUT2D eigenvalue weighted by Crippen LogP contribution is -2.16. The monoisotopic (exact) mass is 417 g/mol. The number of nitrogens with zero attached hydrogens (tertiary/aromatic N) is 1. The van der Waals surface area contributed by atoms with E-state index >= 15 is 0 Å². The number of aromatic nitrogens is 1. The van der Waals surface area contributed by atoms with E-state index in [0.717, 1.165) is 33.9 Å². The zero-order valence-corrected chi connectivity index (χ0v) is 17.7. The fourth-order valence-corrected chi connectivity index (χ4v) is 4.30. The van der Waals surface area contributed by atoms with Gasteiger partial charge in [0, 0.05) is 16.6 Å². The average molecular weight is 418 g/mol. The Balaban J connectivity index is 1.74. The van der Waals surface area contributed by atoms with Gasteiger partial charge in [0.05, 0.1) is 12.3 Å². The molecule has 1 unspecified atom stereocenters. The smallest absolute Gasteiger partial charge is 0.291 e. The Kier molecular flexibility index (Phi) is 5.95. The Labute approximate surface area is 179 Å². The van der Waals surface area contributed by atoms with E-state index in [0.29, 0.717) is 0 Å². The standard InChI is InChI=1S/C24H23N3O2S/c1-3-18-15-19(24(30-18)27-23(28)20-10-7-13-29-20)22(17-8-5-4-6-9-17)26-21-14-16(2)11-12-25-21/h4-15,22H,3H2,1-2H3,(H,25,26)(H,27,28). The van der Waals surface area contributed by atoms with Crippen LogP contribution in [0.5, 0.6) is 0 Å². The van der Waals surface area contributed by atoms with Crippen molar-refractivity contribution in [3.8, 4) is 0 Å². The highest BCUT2D eigenvalue weighted by Gasteiger charge is 2.23. The number of anilines is 2. The summed E-state index contributed by atoms with van der Waals surface area (Å²) in [6.07, 6.45) is 4.18. The number of furan rings is 1. The van der Waals surface area contributed by atoms with Crippen molar-refractivity contribution in [3.05, 3.63) is 100 Å². The summed E-state index contributed by atoms with van der Waals surface area (Å²) in [5, 5.41) is 7.41. The summed E-state index contributed by atoms with van der Waals surface area (Å²) in [6, 6.07) is 19.5. The first-order valence-electron chi connectivity index (χ1n) is 9.85. The van der Waals surface area contributed by atoms with Crippen molar-refractivity contribution >= 4 is 28.1 Å². The number of benzene rings is 1. The number of thiophene rings is 1. The molecule has 152 valence electrons. The molecule has 5 nitrogen and oxygen atoms in total. The molecule has 0 radical (unpaired) electrons. The molecule has 0 aliphatic heterocycles. The Hall–Kier alpha value is -3.38. The predicted molar refractivity (Wildman–Crippen MR) is 121 cm³/mol. The number of carbonyl (C=O) groups excluding carboxylic acids is 1. The maximum atomic E-state index is 12.7. The average Bonchev–Trinajstić information content (AvgIpc) is 3.43. The molecule has 0 bridgehead atoms. The molecule has 30 heavy (non-hydrogen) atoms. The lowest BCUT2D eigenvalue weighted by atomic mass is 9.99. The topological polar surface area (TPSA) is 67.2 Å². The van der Waals surface area contributed by atoms with Gasteiger partial charge >= 0.3 is 0 Å². The van der Waals surface area contributed by atoms with E-state index in [1.807, 2.05) is 37.3 Å². The van der Waals surface area contributed by atoms with E-state index in [1.54, 1.807) is 29.7 Å². The summed E-state index contributed by atoms with van der Waals surface area (Å²) in [6.45, 7) is 4.15. The normalized spacial score (nSPS) is 11.8. The van der Waals surface area contributed by atoms with Gasteiger partial charge in [-0.15, -0.1) is 11.3 Å². The molecule has 3 heterocycles. The van der Waals surface area contributed by atoms with Gasteiger partial charge in [0.15, 0.2) is 5.76 Å². The Morgan fingerprint density at radius 3 is 2.67 bits per heavy atom. The largest absolute Gasteiger partial charge is 0.459 e. The van der Waals surface area contributed by atoms with Crippen molar-refractivity contribution in [2.45, 2.75) is 26.3 Å². The minimum absolute atomic E-state index is 0.163. The third-order valence-electron chi connectivity index (χ3n) is 4.78. The van der Waals surface area contributed by atoms with E-state index in [1.165, 1.54) is 11.1 Å². The lowest BCUT2D eigenvalue weighted by Gasteiger charge is -2.21. The van der Waals surface area contributed by atoms with Crippen LogP contribution in [0.3, 0.4) is 0 Å². The molecule has 0 aliphatic carbocycles. The number of hydrogen-bond donors (Lipinski definition) is 2. The molecule has 4 aromatic rings. The van der Waals surface area contributed by atoms with E-state index in [4.69, 9.17) is 4.42 Å². The van der Waals surface area contributed by atoms with Gasteiger partial charge in [-0.25, -0.2) is 4.98 Å². The Morgan fingerprint density at radius 1 is 1.13 bits per heavy atom. The first kappa shape index (κ1) is 19.9. The summed E-state index contributed by atoms with van der Waals surface area (Å²) < 4.78 is 5.26. The van der Waals surface area contributed by atoms with Crippen LogP contribution < -0.4 is 10.6 Å². The van der Waals surface area contributed by atoms with Crippen molar-refractivity contribution in [3.63, 3.8) is 0 Å². The number of amides is 1. The highest BCUT2D eigenvalue weighted by atomic mass is 32.1. The fourth-order valence-electron chi connectivity index (χ4n) is 3.27. The van der Waals surface area contributed by atoms with E-state index < -0.39 is 0 Å². The highest BCUT2D eigenvalue weighted by Crippen LogP contribution is 2.38. The van der Waals surface area contributed by atoms with E-state index in [9.17, 15) is 4.79 Å². The molecular formula is C24H23N3O2S. The number of carbonyl (C=O) groups is 1. The number of nitrogens with one attached hydrogen (secondary N) is 2. The van der Waals surface area contributed by atoms with Crippen molar-refractivity contribution in [1.29, 1.82) is 0 Å². The van der Waals surface area contributed by atoms with Gasteiger partial charge in [0.25, 0.3) is 5.91 Å². The maximum Gasteiger partial charge on any atom is 0.291 e. The summed E-state index contributed by atoms with van der Waals surface area (Å²) in [7, 11) is 0. The molecular weight excluding hydrogens is 394 g/mol. The van der Waals surface area contributed by atoms with Gasteiger partial charge in [0.2, 0.25) is 0 Å². The van der Waals surface area contributed by atoms with Crippen LogP contribution in [0.4, 0.5) is 10.8 Å². The van der Waals surface area contributed by atoms with Crippen molar-refractivity contribution in [2.75, 3.05) is 10.6 Å². The van der Waals surface area contributed by atoms with Gasteiger partial charge in [0.1, 0.15) is 10.8 Å². The molecule has 1 amide bonds. The second-order valence-corrected chi connectivity index (χ2v) is 8.13. The molecule has 0 saturated heterocycles. The van der Waals surface area contributed by atoms with Crippen molar-refractivity contribution in [2.24, 2.45) is 0 Å². The van der Waals surface area contributed by atoms with Gasteiger partial charge in [-0.05, 0) is 54.8 Å². The minimum atomic E-state index is -0.258. The number of rotatable bonds is 7. The van der Waals surface area contributed by atoms with Gasteiger partial charge in [-0.3, -0.25) is 4.79 Å². The van der Waals surface area contributed by atoms with Crippen molar-refractivity contribution in [1.82, 2.24) is 4.98 Å². The van der Waals surface area contributed by atoms with E-state index in [-0.39, 0.29) is 17.7 Å². The SMILES string of the molecule is CCc1cc(C(Nc2cc(C)ccn2)c2ccccc2)c(NC(=O)c2ccco2)s1. The molecule has 2 N–H and O–H groups in total. The van der Waals surface area contributed by atoms with Crippen molar-refractivity contribution < 1.29 is 9.21 Å². The third-order valence-corrected chi connectivity index (χ3v) is 5.99. The van der Waals surface area contributed by atoms with Crippen LogP contribution >= 0.6 is 11.3 Å². The van der Waals surface area contributed by atoms with Crippen LogP contribution in [0.1, 0.15) is 45.1 Å². The summed E-state index contributed by atoms with van der Waals surface area (Å²) in [4.78, 5) is 18.3. The van der Waals surface area contributed by atoms with Crippen LogP contribution in [0.2, 0.25) is 0 Å². The van der Waals surface area contributed by atoms with Crippen LogP contribution in [-0.2, 0) is 6.42 Å². The number of aryl methyl sites for hydroxylation is 2. The molecule has 1 aromatic carbocycles. The Bertz CT molecular complexity index is 1120. The second-order valence-electron chi connectivity index (χ2n) is 6.99. The van der Waals surface area contributed by atoms with Gasteiger partial charge < -0.3 is 15.1 Å². The van der Waals surface area contributed by atoms with Crippen LogP contribution in [0.25, 0.3) is 0 Å².